The maximum atomic E-state index is 11.7. The van der Waals surface area contributed by atoms with Gasteiger partial charge in [-0.05, 0) is 29.2 Å². The third-order valence-corrected chi connectivity index (χ3v) is 4.86. The Morgan fingerprint density at radius 2 is 2.15 bits per heavy atom. The first kappa shape index (κ1) is 15.3. The van der Waals surface area contributed by atoms with Crippen LogP contribution in [0.5, 0.6) is 5.75 Å². The van der Waals surface area contributed by atoms with Crippen molar-refractivity contribution in [3.05, 3.63) is 29.3 Å². The second-order valence-corrected chi connectivity index (χ2v) is 7.36. The number of nitrogens with one attached hydrogen (secondary N) is 1. The molecule has 1 heterocycles. The van der Waals surface area contributed by atoms with Crippen molar-refractivity contribution in [2.75, 3.05) is 18.9 Å². The Hall–Kier alpha value is -1.11. The van der Waals surface area contributed by atoms with Crippen molar-refractivity contribution < 1.29 is 18.3 Å². The molecule has 1 unspecified atom stereocenters. The summed E-state index contributed by atoms with van der Waals surface area (Å²) in [6.07, 6.45) is -0.0163. The largest absolute Gasteiger partial charge is 0.493 e. The zero-order chi connectivity index (χ0) is 14.8. The van der Waals surface area contributed by atoms with Crippen molar-refractivity contribution in [3.63, 3.8) is 0 Å². The van der Waals surface area contributed by atoms with E-state index in [0.717, 1.165) is 17.7 Å². The lowest BCUT2D eigenvalue weighted by molar-refractivity contribution is 0.182. The molecule has 1 aromatic carbocycles. The van der Waals surface area contributed by atoms with Gasteiger partial charge in [0.05, 0.1) is 18.5 Å². The molecule has 5 nitrogen and oxygen atoms in total. The molecule has 6 heteroatoms. The molecule has 2 rings (SSSR count). The molecule has 0 amide bonds. The Kier molecular flexibility index (Phi) is 4.67. The third kappa shape index (κ3) is 3.94. The molecular weight excluding hydrogens is 278 g/mol. The lowest BCUT2D eigenvalue weighted by Gasteiger charge is -2.14. The van der Waals surface area contributed by atoms with Crippen LogP contribution in [0, 0.1) is 5.92 Å². The Balaban J connectivity index is 1.97. The van der Waals surface area contributed by atoms with Gasteiger partial charge < -0.3 is 9.84 Å². The number of hydrogen-bond donors (Lipinski definition) is 2. The highest BCUT2D eigenvalue weighted by Gasteiger charge is 2.18. The van der Waals surface area contributed by atoms with Crippen molar-refractivity contribution in [2.45, 2.75) is 26.4 Å². The molecule has 0 spiro atoms. The topological polar surface area (TPSA) is 75.6 Å². The summed E-state index contributed by atoms with van der Waals surface area (Å²) in [6, 6.07) is 5.47. The third-order valence-electron chi connectivity index (χ3n) is 3.15. The smallest absolute Gasteiger partial charge is 0.211 e. The molecule has 112 valence electrons. The summed E-state index contributed by atoms with van der Waals surface area (Å²) < 4.78 is 31.3. The van der Waals surface area contributed by atoms with Crippen LogP contribution in [0.15, 0.2) is 18.2 Å². The molecule has 0 bridgehead atoms. The number of rotatable bonds is 6. The first-order valence-corrected chi connectivity index (χ1v) is 8.43. The number of fused-ring (bicyclic) bond motifs is 1. The highest BCUT2D eigenvalue weighted by atomic mass is 32.2. The van der Waals surface area contributed by atoms with Crippen LogP contribution in [-0.4, -0.2) is 32.4 Å². The second kappa shape index (κ2) is 6.11. The summed E-state index contributed by atoms with van der Waals surface area (Å²) in [5.41, 5.74) is 1.77. The van der Waals surface area contributed by atoms with Gasteiger partial charge in [0.2, 0.25) is 10.0 Å². The minimum Gasteiger partial charge on any atom is -0.493 e. The van der Waals surface area contributed by atoms with Crippen LogP contribution in [0.25, 0.3) is 0 Å². The van der Waals surface area contributed by atoms with E-state index in [-0.39, 0.29) is 18.2 Å². The first-order chi connectivity index (χ1) is 9.37. The van der Waals surface area contributed by atoms with Gasteiger partial charge in [0.15, 0.2) is 0 Å². The van der Waals surface area contributed by atoms with Gasteiger partial charge in [-0.3, -0.25) is 0 Å². The van der Waals surface area contributed by atoms with E-state index in [1.165, 1.54) is 0 Å². The van der Waals surface area contributed by atoms with Gasteiger partial charge in [0, 0.05) is 13.0 Å². The van der Waals surface area contributed by atoms with Crippen LogP contribution in [0.3, 0.4) is 0 Å². The maximum absolute atomic E-state index is 11.7. The molecule has 0 aliphatic carbocycles. The minimum absolute atomic E-state index is 0.00526. The van der Waals surface area contributed by atoms with Crippen LogP contribution >= 0.6 is 0 Å². The summed E-state index contributed by atoms with van der Waals surface area (Å²) in [4.78, 5) is 0. The van der Waals surface area contributed by atoms with Crippen molar-refractivity contribution in [3.8, 4) is 5.75 Å². The summed E-state index contributed by atoms with van der Waals surface area (Å²) in [7, 11) is -3.33. The van der Waals surface area contributed by atoms with E-state index >= 15 is 0 Å². The maximum Gasteiger partial charge on any atom is 0.211 e. The van der Waals surface area contributed by atoms with Gasteiger partial charge in [-0.1, -0.05) is 19.9 Å². The predicted molar refractivity (Wildman–Crippen MR) is 77.2 cm³/mol. The van der Waals surface area contributed by atoms with E-state index in [1.807, 2.05) is 26.0 Å². The Labute approximate surface area is 120 Å². The zero-order valence-corrected chi connectivity index (χ0v) is 12.6. The highest BCUT2D eigenvalue weighted by Crippen LogP contribution is 2.28. The molecule has 0 aromatic heterocycles. The molecular formula is C14H21NO4S. The second-order valence-electron chi connectivity index (χ2n) is 5.51. The fourth-order valence-electron chi connectivity index (χ4n) is 2.24. The monoisotopic (exact) mass is 299 g/mol. The number of hydrogen-bond acceptors (Lipinski definition) is 4. The van der Waals surface area contributed by atoms with Crippen molar-refractivity contribution in [1.29, 1.82) is 0 Å². The molecule has 2 N–H and O–H groups in total. The van der Waals surface area contributed by atoms with Gasteiger partial charge in [-0.15, -0.1) is 0 Å². The van der Waals surface area contributed by atoms with Crippen LogP contribution < -0.4 is 9.46 Å². The molecule has 0 saturated heterocycles. The van der Waals surface area contributed by atoms with Crippen molar-refractivity contribution >= 4 is 10.0 Å². The van der Waals surface area contributed by atoms with E-state index < -0.39 is 16.1 Å². The SMILES string of the molecule is CC(C)CS(=O)(=O)NCC(O)c1ccc2c(c1)CCO2. The minimum atomic E-state index is -3.33. The van der Waals surface area contributed by atoms with E-state index in [2.05, 4.69) is 4.72 Å². The number of aliphatic hydroxyl groups is 1. The Bertz CT molecular complexity index is 569. The van der Waals surface area contributed by atoms with E-state index in [1.54, 1.807) is 6.07 Å². The normalized spacial score (nSPS) is 16.0. The average molecular weight is 299 g/mol. The summed E-state index contributed by atoms with van der Waals surface area (Å²) in [5.74, 6) is 0.973. The molecule has 0 fully saturated rings. The first-order valence-electron chi connectivity index (χ1n) is 6.78. The summed E-state index contributed by atoms with van der Waals surface area (Å²) in [5, 5.41) is 10.1. The quantitative estimate of drug-likeness (QED) is 0.828. The lowest BCUT2D eigenvalue weighted by Crippen LogP contribution is -2.32. The number of sulfonamides is 1. The molecule has 20 heavy (non-hydrogen) atoms. The van der Waals surface area contributed by atoms with Gasteiger partial charge in [-0.25, -0.2) is 13.1 Å². The summed E-state index contributed by atoms with van der Waals surface area (Å²) in [6.45, 7) is 4.34. The highest BCUT2D eigenvalue weighted by molar-refractivity contribution is 7.89. The molecule has 1 atom stereocenters. The van der Waals surface area contributed by atoms with Crippen LogP contribution in [0.2, 0.25) is 0 Å². The van der Waals surface area contributed by atoms with Crippen molar-refractivity contribution in [1.82, 2.24) is 4.72 Å². The van der Waals surface area contributed by atoms with Gasteiger partial charge >= 0.3 is 0 Å². The number of ether oxygens (including phenoxy) is 1. The lowest BCUT2D eigenvalue weighted by atomic mass is 10.0. The zero-order valence-electron chi connectivity index (χ0n) is 11.8. The van der Waals surface area contributed by atoms with Crippen molar-refractivity contribution in [2.24, 2.45) is 5.92 Å². The number of aliphatic hydroxyl groups excluding tert-OH is 1. The molecule has 1 aliphatic heterocycles. The van der Waals surface area contributed by atoms with Crippen LogP contribution in [0.1, 0.15) is 31.1 Å². The van der Waals surface area contributed by atoms with E-state index in [9.17, 15) is 13.5 Å². The average Bonchev–Trinajstić information content (AvgIpc) is 2.81. The number of benzene rings is 1. The van der Waals surface area contributed by atoms with Gasteiger partial charge in [0.25, 0.3) is 0 Å². The Morgan fingerprint density at radius 1 is 1.40 bits per heavy atom. The fourth-order valence-corrected chi connectivity index (χ4v) is 3.64. The van der Waals surface area contributed by atoms with E-state index in [4.69, 9.17) is 4.74 Å². The molecule has 0 saturated carbocycles. The molecule has 0 radical (unpaired) electrons. The molecule has 1 aliphatic rings. The van der Waals surface area contributed by atoms with Gasteiger partial charge in [0.1, 0.15) is 5.75 Å². The molecule has 1 aromatic rings. The Morgan fingerprint density at radius 3 is 2.85 bits per heavy atom. The summed E-state index contributed by atoms with van der Waals surface area (Å²) >= 11 is 0. The van der Waals surface area contributed by atoms with Crippen LogP contribution in [0.4, 0.5) is 0 Å². The fraction of sp³-hybridized carbons (Fsp3) is 0.571. The van der Waals surface area contributed by atoms with E-state index in [0.29, 0.717) is 12.2 Å². The van der Waals surface area contributed by atoms with Gasteiger partial charge in [-0.2, -0.15) is 0 Å². The van der Waals surface area contributed by atoms with Crippen LogP contribution in [-0.2, 0) is 16.4 Å². The standard InChI is InChI=1S/C14H21NO4S/c1-10(2)9-20(17,18)15-8-13(16)11-3-4-14-12(7-11)5-6-19-14/h3-4,7,10,13,15-16H,5-6,8-9H2,1-2H3. The predicted octanol–water partition coefficient (Wildman–Crippen LogP) is 1.23.